The van der Waals surface area contributed by atoms with Gasteiger partial charge in [0.05, 0.1) is 23.6 Å². The molecular formula is C20H20N2O4S2. The van der Waals surface area contributed by atoms with Crippen LogP contribution in [-0.2, 0) is 21.1 Å². The van der Waals surface area contributed by atoms with Gasteiger partial charge >= 0.3 is 0 Å². The van der Waals surface area contributed by atoms with Crippen LogP contribution in [0.15, 0.2) is 58.8 Å². The second-order valence-corrected chi connectivity index (χ2v) is 9.01. The van der Waals surface area contributed by atoms with Crippen LogP contribution in [-0.4, -0.2) is 32.2 Å². The van der Waals surface area contributed by atoms with Crippen LogP contribution in [0.3, 0.4) is 0 Å². The Kier molecular flexibility index (Phi) is 6.11. The summed E-state index contributed by atoms with van der Waals surface area (Å²) in [5.41, 5.74) is 2.45. The third-order valence-corrected chi connectivity index (χ3v) is 5.81. The molecule has 0 aliphatic rings. The first kappa shape index (κ1) is 20.0. The van der Waals surface area contributed by atoms with Crippen molar-refractivity contribution in [2.75, 3.05) is 18.2 Å². The molecule has 1 heterocycles. The van der Waals surface area contributed by atoms with E-state index in [2.05, 4.69) is 10.3 Å². The lowest BCUT2D eigenvalue weighted by molar-refractivity contribution is -0.115. The zero-order valence-corrected chi connectivity index (χ0v) is 17.1. The van der Waals surface area contributed by atoms with E-state index in [1.54, 1.807) is 12.1 Å². The number of carbonyl (C=O) groups excluding carboxylic acids is 1. The lowest BCUT2D eigenvalue weighted by Crippen LogP contribution is -2.14. The first-order valence-electron chi connectivity index (χ1n) is 8.63. The van der Waals surface area contributed by atoms with Crippen LogP contribution in [0.4, 0.5) is 5.13 Å². The molecule has 0 saturated heterocycles. The van der Waals surface area contributed by atoms with Crippen molar-refractivity contribution in [1.82, 2.24) is 4.98 Å². The molecule has 3 aromatic rings. The third kappa shape index (κ3) is 5.17. The van der Waals surface area contributed by atoms with Gasteiger partial charge in [-0.05, 0) is 48.9 Å². The summed E-state index contributed by atoms with van der Waals surface area (Å²) in [6.45, 7) is 2.55. The highest BCUT2D eigenvalue weighted by molar-refractivity contribution is 7.90. The molecule has 6 nitrogen and oxygen atoms in total. The number of nitrogens with zero attached hydrogens (tertiary/aromatic N) is 1. The van der Waals surface area contributed by atoms with Crippen molar-refractivity contribution in [3.63, 3.8) is 0 Å². The fourth-order valence-electron chi connectivity index (χ4n) is 2.56. The van der Waals surface area contributed by atoms with Gasteiger partial charge in [-0.2, -0.15) is 0 Å². The van der Waals surface area contributed by atoms with Gasteiger partial charge in [-0.1, -0.05) is 12.1 Å². The summed E-state index contributed by atoms with van der Waals surface area (Å²) in [6.07, 6.45) is 1.29. The van der Waals surface area contributed by atoms with E-state index in [1.807, 2.05) is 36.6 Å². The maximum absolute atomic E-state index is 12.2. The lowest BCUT2D eigenvalue weighted by Gasteiger charge is -2.04. The lowest BCUT2D eigenvalue weighted by atomic mass is 10.1. The van der Waals surface area contributed by atoms with Crippen LogP contribution in [0.1, 0.15) is 12.5 Å². The maximum atomic E-state index is 12.2. The van der Waals surface area contributed by atoms with Crippen molar-refractivity contribution in [3.8, 4) is 17.0 Å². The summed E-state index contributed by atoms with van der Waals surface area (Å²) >= 11 is 1.35. The molecule has 0 radical (unpaired) electrons. The van der Waals surface area contributed by atoms with Crippen LogP contribution in [0.25, 0.3) is 11.3 Å². The minimum Gasteiger partial charge on any atom is -0.494 e. The molecular weight excluding hydrogens is 396 g/mol. The number of anilines is 1. The molecule has 3 rings (SSSR count). The van der Waals surface area contributed by atoms with E-state index in [1.165, 1.54) is 23.5 Å². The smallest absolute Gasteiger partial charge is 0.230 e. The summed E-state index contributed by atoms with van der Waals surface area (Å²) in [7, 11) is -3.24. The minimum absolute atomic E-state index is 0.141. The van der Waals surface area contributed by atoms with E-state index in [0.29, 0.717) is 11.7 Å². The van der Waals surface area contributed by atoms with Crippen molar-refractivity contribution >= 4 is 32.2 Å². The first-order valence-corrected chi connectivity index (χ1v) is 11.4. The number of amides is 1. The van der Waals surface area contributed by atoms with Crippen LogP contribution in [0.5, 0.6) is 5.75 Å². The Morgan fingerprint density at radius 1 is 1.11 bits per heavy atom. The van der Waals surface area contributed by atoms with E-state index in [9.17, 15) is 13.2 Å². The molecule has 1 aromatic heterocycles. The van der Waals surface area contributed by atoms with Crippen molar-refractivity contribution in [2.24, 2.45) is 0 Å². The quantitative estimate of drug-likeness (QED) is 0.633. The average molecular weight is 417 g/mol. The monoisotopic (exact) mass is 416 g/mol. The van der Waals surface area contributed by atoms with Gasteiger partial charge in [-0.3, -0.25) is 4.79 Å². The molecule has 0 spiro atoms. The average Bonchev–Trinajstić information content (AvgIpc) is 3.10. The van der Waals surface area contributed by atoms with Crippen molar-refractivity contribution in [3.05, 3.63) is 59.5 Å². The fraction of sp³-hybridized carbons (Fsp3) is 0.200. The number of nitrogens with one attached hydrogen (secondary N) is 1. The molecule has 28 heavy (non-hydrogen) atoms. The van der Waals surface area contributed by atoms with Crippen LogP contribution in [0, 0.1) is 0 Å². The van der Waals surface area contributed by atoms with Crippen LogP contribution in [0.2, 0.25) is 0 Å². The molecule has 0 fully saturated rings. The Balaban J connectivity index is 1.62. The second kappa shape index (κ2) is 8.53. The SMILES string of the molecule is CCOc1ccc(-c2csc(NC(=O)Cc3ccc(S(C)(=O)=O)cc3)n2)cc1. The van der Waals surface area contributed by atoms with E-state index >= 15 is 0 Å². The van der Waals surface area contributed by atoms with Gasteiger partial charge in [-0.15, -0.1) is 11.3 Å². The molecule has 2 aromatic carbocycles. The Hall–Kier alpha value is -2.71. The molecule has 8 heteroatoms. The number of sulfone groups is 1. The van der Waals surface area contributed by atoms with E-state index < -0.39 is 9.84 Å². The predicted octanol–water partition coefficient (Wildman–Crippen LogP) is 3.79. The van der Waals surface area contributed by atoms with Crippen molar-refractivity contribution < 1.29 is 17.9 Å². The van der Waals surface area contributed by atoms with Gasteiger partial charge in [-0.25, -0.2) is 13.4 Å². The van der Waals surface area contributed by atoms with Crippen LogP contribution >= 0.6 is 11.3 Å². The Morgan fingerprint density at radius 2 is 1.79 bits per heavy atom. The third-order valence-electron chi connectivity index (χ3n) is 3.93. The highest BCUT2D eigenvalue weighted by Gasteiger charge is 2.11. The van der Waals surface area contributed by atoms with Gasteiger partial charge in [0.2, 0.25) is 5.91 Å². The van der Waals surface area contributed by atoms with Crippen molar-refractivity contribution in [2.45, 2.75) is 18.2 Å². The fourth-order valence-corrected chi connectivity index (χ4v) is 3.92. The highest BCUT2D eigenvalue weighted by Crippen LogP contribution is 2.26. The number of carbonyl (C=O) groups is 1. The molecule has 146 valence electrons. The number of thiazole rings is 1. The maximum Gasteiger partial charge on any atom is 0.230 e. The van der Waals surface area contributed by atoms with Gasteiger partial charge in [0, 0.05) is 17.2 Å². The van der Waals surface area contributed by atoms with E-state index in [4.69, 9.17) is 4.74 Å². The molecule has 0 atom stereocenters. The van der Waals surface area contributed by atoms with Crippen LogP contribution < -0.4 is 10.1 Å². The van der Waals surface area contributed by atoms with Gasteiger partial charge < -0.3 is 10.1 Å². The molecule has 0 aliphatic carbocycles. The minimum atomic E-state index is -3.24. The summed E-state index contributed by atoms with van der Waals surface area (Å²) in [5.74, 6) is 0.594. The standard InChI is InChI=1S/C20H20N2O4S2/c1-3-26-16-8-6-15(7-9-16)18-13-27-20(21-18)22-19(23)12-14-4-10-17(11-5-14)28(2,24)25/h4-11,13H,3,12H2,1-2H3,(H,21,22,23). The number of hydrogen-bond acceptors (Lipinski definition) is 6. The summed E-state index contributed by atoms with van der Waals surface area (Å²) < 4.78 is 28.4. The molecule has 0 aliphatic heterocycles. The topological polar surface area (TPSA) is 85.4 Å². The Morgan fingerprint density at radius 3 is 2.39 bits per heavy atom. The van der Waals surface area contributed by atoms with E-state index in [0.717, 1.165) is 28.8 Å². The molecule has 1 N–H and O–H groups in total. The van der Waals surface area contributed by atoms with Gasteiger partial charge in [0.1, 0.15) is 5.75 Å². The second-order valence-electron chi connectivity index (χ2n) is 6.14. The molecule has 0 saturated carbocycles. The van der Waals surface area contributed by atoms with Crippen molar-refractivity contribution in [1.29, 1.82) is 0 Å². The highest BCUT2D eigenvalue weighted by atomic mass is 32.2. The summed E-state index contributed by atoms with van der Waals surface area (Å²) in [4.78, 5) is 16.9. The zero-order chi connectivity index (χ0) is 20.1. The molecule has 1 amide bonds. The number of rotatable bonds is 7. The summed E-state index contributed by atoms with van der Waals surface area (Å²) in [5, 5.41) is 5.18. The van der Waals surface area contributed by atoms with Gasteiger partial charge in [0.25, 0.3) is 0 Å². The normalized spacial score (nSPS) is 11.2. The number of aromatic nitrogens is 1. The zero-order valence-electron chi connectivity index (χ0n) is 15.5. The molecule has 0 bridgehead atoms. The first-order chi connectivity index (χ1) is 13.3. The Bertz CT molecular complexity index is 1060. The Labute approximate surface area is 168 Å². The number of ether oxygens (including phenoxy) is 1. The number of benzene rings is 2. The van der Waals surface area contributed by atoms with E-state index in [-0.39, 0.29) is 17.2 Å². The largest absolute Gasteiger partial charge is 0.494 e. The summed E-state index contributed by atoms with van der Waals surface area (Å²) in [6, 6.07) is 13.9. The molecule has 0 unspecified atom stereocenters. The predicted molar refractivity (Wildman–Crippen MR) is 111 cm³/mol. The van der Waals surface area contributed by atoms with Gasteiger partial charge in [0.15, 0.2) is 15.0 Å². The number of hydrogen-bond donors (Lipinski definition) is 1.